The van der Waals surface area contributed by atoms with Crippen molar-refractivity contribution in [1.82, 2.24) is 4.98 Å². The van der Waals surface area contributed by atoms with Crippen molar-refractivity contribution in [2.24, 2.45) is 11.1 Å². The number of hydrogen-bond donors (Lipinski definition) is 2. The molecule has 0 saturated heterocycles. The van der Waals surface area contributed by atoms with E-state index in [0.29, 0.717) is 15.9 Å². The lowest BCUT2D eigenvalue weighted by Crippen LogP contribution is -2.36. The van der Waals surface area contributed by atoms with Crippen molar-refractivity contribution in [3.8, 4) is 0 Å². The summed E-state index contributed by atoms with van der Waals surface area (Å²) in [5.41, 5.74) is 5.74. The Morgan fingerprint density at radius 2 is 2.06 bits per heavy atom. The van der Waals surface area contributed by atoms with E-state index in [4.69, 9.17) is 17.3 Å². The van der Waals surface area contributed by atoms with E-state index in [9.17, 15) is 5.11 Å². The molecule has 3 nitrogen and oxygen atoms in total. The Hall–Kier alpha value is -0.160. The Bertz CT molecular complexity index is 361. The van der Waals surface area contributed by atoms with Crippen LogP contribution in [0.4, 0.5) is 0 Å². The zero-order valence-electron chi connectivity index (χ0n) is 9.86. The van der Waals surface area contributed by atoms with Gasteiger partial charge in [0, 0.05) is 12.0 Å². The Morgan fingerprint density at radius 1 is 1.41 bits per heavy atom. The summed E-state index contributed by atoms with van der Waals surface area (Å²) in [4.78, 5) is 4.20. The molecule has 0 bridgehead atoms. The molecule has 1 atom stereocenters. The van der Waals surface area contributed by atoms with Gasteiger partial charge in [-0.15, -0.1) is 11.3 Å². The fourth-order valence-electron chi connectivity index (χ4n) is 2.68. The smallest absolute Gasteiger partial charge is 0.123 e. The van der Waals surface area contributed by atoms with E-state index in [0.717, 1.165) is 25.7 Å². The van der Waals surface area contributed by atoms with E-state index in [1.54, 1.807) is 6.20 Å². The third kappa shape index (κ3) is 2.81. The predicted molar refractivity (Wildman–Crippen MR) is 71.3 cm³/mol. The van der Waals surface area contributed by atoms with Crippen molar-refractivity contribution >= 4 is 22.9 Å². The molecule has 1 aromatic heterocycles. The molecule has 0 amide bonds. The van der Waals surface area contributed by atoms with E-state index >= 15 is 0 Å². The molecule has 0 spiro atoms. The molecular weight excluding hydrogens is 256 g/mol. The molecule has 1 aliphatic carbocycles. The summed E-state index contributed by atoms with van der Waals surface area (Å²) in [6, 6.07) is 0. The highest BCUT2D eigenvalue weighted by molar-refractivity contribution is 7.15. The maximum Gasteiger partial charge on any atom is 0.123 e. The average Bonchev–Trinajstić information content (AvgIpc) is 2.64. The summed E-state index contributed by atoms with van der Waals surface area (Å²) in [5.74, 6) is 0. The first-order valence-corrected chi connectivity index (χ1v) is 7.37. The number of aliphatic hydroxyl groups is 1. The summed E-state index contributed by atoms with van der Waals surface area (Å²) in [6.45, 7) is 0.519. The summed E-state index contributed by atoms with van der Waals surface area (Å²) < 4.78 is 0.625. The van der Waals surface area contributed by atoms with Crippen LogP contribution in [-0.2, 0) is 0 Å². The summed E-state index contributed by atoms with van der Waals surface area (Å²) in [5, 5.41) is 11.3. The number of hydrogen-bond acceptors (Lipinski definition) is 4. The van der Waals surface area contributed by atoms with Gasteiger partial charge in [-0.05, 0) is 12.8 Å². The highest BCUT2D eigenvalue weighted by atomic mass is 35.5. The highest BCUT2D eigenvalue weighted by Gasteiger charge is 2.39. The molecule has 1 saturated carbocycles. The second kappa shape index (κ2) is 5.65. The van der Waals surface area contributed by atoms with Gasteiger partial charge in [0.25, 0.3) is 0 Å². The average molecular weight is 275 g/mol. The van der Waals surface area contributed by atoms with Gasteiger partial charge in [0.1, 0.15) is 15.4 Å². The Labute approximate surface area is 111 Å². The van der Waals surface area contributed by atoms with Crippen LogP contribution in [0.15, 0.2) is 6.20 Å². The molecule has 0 radical (unpaired) electrons. The van der Waals surface area contributed by atoms with E-state index in [1.165, 1.54) is 24.2 Å². The molecule has 5 heteroatoms. The van der Waals surface area contributed by atoms with Crippen LogP contribution in [0.5, 0.6) is 0 Å². The van der Waals surface area contributed by atoms with Crippen LogP contribution >= 0.6 is 22.9 Å². The van der Waals surface area contributed by atoms with E-state index in [-0.39, 0.29) is 5.41 Å². The molecule has 1 unspecified atom stereocenters. The second-order valence-electron chi connectivity index (χ2n) is 4.89. The van der Waals surface area contributed by atoms with Gasteiger partial charge >= 0.3 is 0 Å². The molecule has 1 fully saturated rings. The number of aliphatic hydroxyl groups excluding tert-OH is 1. The van der Waals surface area contributed by atoms with Crippen molar-refractivity contribution < 1.29 is 5.11 Å². The van der Waals surface area contributed by atoms with E-state index in [2.05, 4.69) is 4.98 Å². The quantitative estimate of drug-likeness (QED) is 0.833. The minimum Gasteiger partial charge on any atom is -0.385 e. The summed E-state index contributed by atoms with van der Waals surface area (Å²) >= 11 is 7.24. The zero-order valence-corrected chi connectivity index (χ0v) is 11.4. The molecule has 1 heterocycles. The van der Waals surface area contributed by atoms with Crippen LogP contribution in [0.2, 0.25) is 4.34 Å². The third-order valence-corrected chi connectivity index (χ3v) is 4.98. The van der Waals surface area contributed by atoms with Crippen molar-refractivity contribution in [2.45, 2.75) is 44.6 Å². The fraction of sp³-hybridized carbons (Fsp3) is 0.750. The first kappa shape index (κ1) is 13.3. The summed E-state index contributed by atoms with van der Waals surface area (Å²) in [7, 11) is 0. The number of rotatable bonds is 3. The molecule has 17 heavy (non-hydrogen) atoms. The Kier molecular flexibility index (Phi) is 4.42. The number of halogens is 1. The van der Waals surface area contributed by atoms with Crippen LogP contribution < -0.4 is 5.73 Å². The maximum atomic E-state index is 10.5. The first-order valence-electron chi connectivity index (χ1n) is 6.17. The van der Waals surface area contributed by atoms with Gasteiger partial charge in [-0.2, -0.15) is 0 Å². The molecule has 3 N–H and O–H groups in total. The van der Waals surface area contributed by atoms with Crippen LogP contribution in [0.1, 0.15) is 49.6 Å². The van der Waals surface area contributed by atoms with Gasteiger partial charge in [0.2, 0.25) is 0 Å². The molecule has 0 aliphatic heterocycles. The van der Waals surface area contributed by atoms with Crippen molar-refractivity contribution in [3.63, 3.8) is 0 Å². The van der Waals surface area contributed by atoms with E-state index in [1.807, 2.05) is 0 Å². The van der Waals surface area contributed by atoms with Crippen LogP contribution in [0, 0.1) is 5.41 Å². The standard InChI is InChI=1S/C12H19ClN2OS/c13-9-7-15-11(17-9)10(16)12(8-14)5-3-1-2-4-6-12/h7,10,16H,1-6,8,14H2. The van der Waals surface area contributed by atoms with Crippen molar-refractivity contribution in [2.75, 3.05) is 6.54 Å². The van der Waals surface area contributed by atoms with Gasteiger partial charge in [0.15, 0.2) is 0 Å². The number of aromatic nitrogens is 1. The van der Waals surface area contributed by atoms with Gasteiger partial charge < -0.3 is 10.8 Å². The first-order chi connectivity index (χ1) is 8.18. The monoisotopic (exact) mass is 274 g/mol. The topological polar surface area (TPSA) is 59.1 Å². The molecule has 1 aromatic rings. The minimum absolute atomic E-state index is 0.197. The van der Waals surface area contributed by atoms with Crippen LogP contribution in [-0.4, -0.2) is 16.6 Å². The SMILES string of the molecule is NCC1(C(O)c2ncc(Cl)s2)CCCCCC1. The number of thiazole rings is 1. The number of nitrogens with zero attached hydrogens (tertiary/aromatic N) is 1. The zero-order chi connectivity index (χ0) is 12.3. The highest BCUT2D eigenvalue weighted by Crippen LogP contribution is 2.45. The summed E-state index contributed by atoms with van der Waals surface area (Å²) in [6.07, 6.45) is 7.79. The lowest BCUT2D eigenvalue weighted by Gasteiger charge is -2.35. The van der Waals surface area contributed by atoms with Gasteiger partial charge in [-0.25, -0.2) is 4.98 Å². The third-order valence-electron chi connectivity index (χ3n) is 3.82. The van der Waals surface area contributed by atoms with Crippen LogP contribution in [0.25, 0.3) is 0 Å². The lowest BCUT2D eigenvalue weighted by molar-refractivity contribution is 0.0165. The molecule has 96 valence electrons. The maximum absolute atomic E-state index is 10.5. The van der Waals surface area contributed by atoms with E-state index < -0.39 is 6.10 Å². The molecular formula is C12H19ClN2OS. The van der Waals surface area contributed by atoms with Crippen molar-refractivity contribution in [1.29, 1.82) is 0 Å². The minimum atomic E-state index is -0.567. The van der Waals surface area contributed by atoms with Gasteiger partial charge in [-0.1, -0.05) is 37.3 Å². The van der Waals surface area contributed by atoms with Gasteiger partial charge in [-0.3, -0.25) is 0 Å². The normalized spacial score (nSPS) is 22.1. The number of nitrogens with two attached hydrogens (primary N) is 1. The largest absolute Gasteiger partial charge is 0.385 e. The Balaban J connectivity index is 2.21. The molecule has 1 aliphatic rings. The van der Waals surface area contributed by atoms with Gasteiger partial charge in [0.05, 0.1) is 6.20 Å². The second-order valence-corrected chi connectivity index (χ2v) is 6.58. The molecule has 0 aromatic carbocycles. The molecule has 2 rings (SSSR count). The predicted octanol–water partition coefficient (Wildman–Crippen LogP) is 3.13. The van der Waals surface area contributed by atoms with Crippen LogP contribution in [0.3, 0.4) is 0 Å². The Morgan fingerprint density at radius 3 is 2.53 bits per heavy atom. The van der Waals surface area contributed by atoms with Crippen molar-refractivity contribution in [3.05, 3.63) is 15.5 Å². The lowest BCUT2D eigenvalue weighted by atomic mass is 9.75. The fourth-order valence-corrected chi connectivity index (χ4v) is 3.74.